The molecule has 11 rings (SSSR count). The van der Waals surface area contributed by atoms with Crippen molar-refractivity contribution in [3.05, 3.63) is 216 Å². The lowest BCUT2D eigenvalue weighted by Crippen LogP contribution is -2.12. The average Bonchev–Trinajstić information content (AvgIpc) is 3.94. The SMILES string of the molecule is CC(C)c1cc(-c2cccc(-c3cc(F)cc(F)c3)c2[N+]2=C=[N+](c3cc(Oc4ccc5c6ccccc6n(-c6cc(C(C)(C)C)ccn6)c5c4)cc(-c4ccc(C(C)(C)C)cc4)c3)c3ccccc32)cc(C(C)C)c1. The van der Waals surface area contributed by atoms with E-state index in [0.717, 1.165) is 78.7 Å². The van der Waals surface area contributed by atoms with Crippen molar-refractivity contribution in [2.45, 2.75) is 91.9 Å². The number of hydrogen-bond donors (Lipinski definition) is 0. The van der Waals surface area contributed by atoms with E-state index in [4.69, 9.17) is 9.72 Å². The van der Waals surface area contributed by atoms with Gasteiger partial charge >= 0.3 is 6.01 Å². The molecule has 0 bridgehead atoms. The van der Waals surface area contributed by atoms with E-state index in [0.29, 0.717) is 22.6 Å². The third-order valence-corrected chi connectivity index (χ3v) is 14.6. The van der Waals surface area contributed by atoms with Gasteiger partial charge in [-0.15, -0.1) is 0 Å². The second-order valence-electron chi connectivity index (χ2n) is 22.6. The first-order chi connectivity index (χ1) is 35.9. The van der Waals surface area contributed by atoms with Gasteiger partial charge in [0.1, 0.15) is 29.0 Å². The van der Waals surface area contributed by atoms with E-state index in [1.807, 2.05) is 36.5 Å². The van der Waals surface area contributed by atoms with E-state index in [9.17, 15) is 0 Å². The summed E-state index contributed by atoms with van der Waals surface area (Å²) in [4.78, 5) is 4.92. The quantitative estimate of drug-likeness (QED) is 0.128. The third-order valence-electron chi connectivity index (χ3n) is 14.6. The van der Waals surface area contributed by atoms with E-state index in [1.54, 1.807) is 0 Å². The van der Waals surface area contributed by atoms with Crippen LogP contribution in [0.1, 0.15) is 103 Å². The zero-order valence-electron chi connectivity index (χ0n) is 44.4. The van der Waals surface area contributed by atoms with Gasteiger partial charge in [-0.25, -0.2) is 13.8 Å². The molecule has 0 saturated heterocycles. The Kier molecular flexibility index (Phi) is 12.3. The van der Waals surface area contributed by atoms with Crippen molar-refractivity contribution in [2.75, 3.05) is 0 Å². The van der Waals surface area contributed by atoms with Crippen LogP contribution < -0.4 is 13.9 Å². The number of rotatable bonds is 10. The second-order valence-corrected chi connectivity index (χ2v) is 22.6. The maximum absolute atomic E-state index is 15.3. The Morgan fingerprint density at radius 1 is 0.493 bits per heavy atom. The predicted octanol–water partition coefficient (Wildman–Crippen LogP) is 18.9. The zero-order valence-corrected chi connectivity index (χ0v) is 44.4. The first-order valence-corrected chi connectivity index (χ1v) is 26.0. The molecule has 1 aliphatic heterocycles. The lowest BCUT2D eigenvalue weighted by atomic mass is 9.86. The molecule has 3 heterocycles. The summed E-state index contributed by atoms with van der Waals surface area (Å²) in [5.74, 6) is 1.41. The molecular formula is C68H62F2N4O+2. The summed E-state index contributed by atoms with van der Waals surface area (Å²) in [5, 5.41) is 2.23. The van der Waals surface area contributed by atoms with Crippen molar-refractivity contribution in [1.29, 1.82) is 0 Å². The van der Waals surface area contributed by atoms with Gasteiger partial charge in [0.15, 0.2) is 0 Å². The Morgan fingerprint density at radius 2 is 1.11 bits per heavy atom. The minimum absolute atomic E-state index is 0.0229. The molecule has 0 unspecified atom stereocenters. The molecule has 0 amide bonds. The maximum atomic E-state index is 15.3. The number of hydrogen-bond acceptors (Lipinski definition) is 2. The smallest absolute Gasteiger partial charge is 0.457 e. The Bertz CT molecular complexity index is 3910. The van der Waals surface area contributed by atoms with Gasteiger partial charge in [-0.1, -0.05) is 148 Å². The lowest BCUT2D eigenvalue weighted by molar-refractivity contribution is 0.483. The van der Waals surface area contributed by atoms with Crippen molar-refractivity contribution in [3.8, 4) is 50.7 Å². The molecule has 75 heavy (non-hydrogen) atoms. The molecule has 0 aliphatic carbocycles. The highest BCUT2D eigenvalue weighted by atomic mass is 19.1. The summed E-state index contributed by atoms with van der Waals surface area (Å²) in [6.45, 7) is 22.2. The van der Waals surface area contributed by atoms with E-state index in [-0.39, 0.29) is 22.7 Å². The number of pyridine rings is 1. The summed E-state index contributed by atoms with van der Waals surface area (Å²) in [5.41, 5.74) is 15.2. The van der Waals surface area contributed by atoms with Gasteiger partial charge < -0.3 is 4.74 Å². The fourth-order valence-electron chi connectivity index (χ4n) is 10.4. The molecule has 0 radical (unpaired) electrons. The first-order valence-electron chi connectivity index (χ1n) is 26.0. The molecule has 10 aromatic rings. The van der Waals surface area contributed by atoms with Gasteiger partial charge in [-0.2, -0.15) is 0 Å². The fourth-order valence-corrected chi connectivity index (χ4v) is 10.4. The molecule has 5 nitrogen and oxygen atoms in total. The van der Waals surface area contributed by atoms with Gasteiger partial charge in [0.25, 0.3) is 11.4 Å². The van der Waals surface area contributed by atoms with Crippen molar-refractivity contribution in [3.63, 3.8) is 0 Å². The molecule has 0 N–H and O–H groups in total. The third kappa shape index (κ3) is 9.38. The second kappa shape index (κ2) is 18.9. The van der Waals surface area contributed by atoms with Crippen LogP contribution in [0.4, 0.5) is 31.5 Å². The molecule has 1 aliphatic rings. The number of para-hydroxylation sites is 4. The van der Waals surface area contributed by atoms with E-state index in [2.05, 4.69) is 216 Å². The standard InChI is InChI=1S/C68H62F2N4O/c1-42(2)45-30-46(43(3)4)32-48(31-45)57-17-15-18-58(49-33-52(69)38-53(70)34-49)66(57)73-41-72(62-20-13-14-21-63(62)73)54-35-47(44-22-24-50(25-23-44)67(5,6)7)36-56(39-54)75-55-26-27-60-59-16-11-12-19-61(59)74(64(60)40-55)65-37-51(28-29-71-65)68(8,9)10/h11-40,42-43H,1-10H3/q+2. The lowest BCUT2D eigenvalue weighted by Gasteiger charge is -2.20. The maximum Gasteiger partial charge on any atom is 0.503 e. The molecule has 2 aromatic heterocycles. The van der Waals surface area contributed by atoms with Crippen LogP contribution in [0.3, 0.4) is 0 Å². The Balaban J connectivity index is 1.14. The molecule has 0 saturated carbocycles. The van der Waals surface area contributed by atoms with Crippen molar-refractivity contribution >= 4 is 50.6 Å². The van der Waals surface area contributed by atoms with Crippen LogP contribution in [0.15, 0.2) is 182 Å². The summed E-state index contributed by atoms with van der Waals surface area (Å²) in [6.07, 6.45) is 1.90. The molecule has 0 atom stereocenters. The monoisotopic (exact) mass is 988 g/mol. The van der Waals surface area contributed by atoms with Gasteiger partial charge in [0.2, 0.25) is 11.4 Å². The fraction of sp³-hybridized carbons (Fsp3) is 0.206. The molecule has 7 heteroatoms. The predicted molar refractivity (Wildman–Crippen MR) is 308 cm³/mol. The van der Waals surface area contributed by atoms with Crippen LogP contribution in [0.25, 0.3) is 61.0 Å². The normalized spacial score (nSPS) is 12.7. The van der Waals surface area contributed by atoms with Crippen molar-refractivity contribution in [1.82, 2.24) is 18.7 Å². The van der Waals surface area contributed by atoms with Gasteiger partial charge in [0, 0.05) is 47.3 Å². The van der Waals surface area contributed by atoms with Crippen LogP contribution in [0, 0.1) is 11.6 Å². The van der Waals surface area contributed by atoms with Crippen LogP contribution in [-0.4, -0.2) is 15.6 Å². The minimum atomic E-state index is -0.645. The summed E-state index contributed by atoms with van der Waals surface area (Å²) in [7, 11) is 0. The number of aromatic nitrogens is 2. The highest BCUT2D eigenvalue weighted by Gasteiger charge is 2.40. The number of halogens is 2. The van der Waals surface area contributed by atoms with Crippen LogP contribution in [-0.2, 0) is 10.8 Å². The van der Waals surface area contributed by atoms with Gasteiger partial charge in [-0.3, -0.25) is 4.57 Å². The first kappa shape index (κ1) is 49.0. The molecule has 0 fully saturated rings. The van der Waals surface area contributed by atoms with Crippen LogP contribution in [0.2, 0.25) is 0 Å². The largest absolute Gasteiger partial charge is 0.503 e. The molecule has 372 valence electrons. The van der Waals surface area contributed by atoms with E-state index in [1.165, 1.54) is 34.4 Å². The topological polar surface area (TPSA) is 33.1 Å². The summed E-state index contributed by atoms with van der Waals surface area (Å²) >= 11 is 0. The molecule has 0 spiro atoms. The Morgan fingerprint density at radius 3 is 1.76 bits per heavy atom. The highest BCUT2D eigenvalue weighted by Crippen LogP contribution is 2.47. The average molecular weight is 989 g/mol. The van der Waals surface area contributed by atoms with E-state index >= 15 is 8.78 Å². The number of ether oxygens (including phenoxy) is 1. The van der Waals surface area contributed by atoms with Crippen LogP contribution in [0.5, 0.6) is 11.5 Å². The van der Waals surface area contributed by atoms with Crippen molar-refractivity contribution < 1.29 is 13.5 Å². The Hall–Kier alpha value is -8.25. The number of benzene rings is 8. The summed E-state index contributed by atoms with van der Waals surface area (Å²) < 4.78 is 44.0. The van der Waals surface area contributed by atoms with Crippen LogP contribution >= 0.6 is 0 Å². The zero-order chi connectivity index (χ0) is 52.5. The number of fused-ring (bicyclic) bond motifs is 4. The van der Waals surface area contributed by atoms with E-state index < -0.39 is 11.6 Å². The van der Waals surface area contributed by atoms with Crippen molar-refractivity contribution in [2.24, 2.45) is 0 Å². The van der Waals surface area contributed by atoms with Gasteiger partial charge in [0.05, 0.1) is 28.2 Å². The molecular weight excluding hydrogens is 927 g/mol. The summed E-state index contributed by atoms with van der Waals surface area (Å²) in [6, 6.07) is 62.7. The van der Waals surface area contributed by atoms with Gasteiger partial charge in [-0.05, 0) is 137 Å². The molecule has 8 aromatic carbocycles. The highest BCUT2D eigenvalue weighted by molar-refractivity contribution is 6.09. The minimum Gasteiger partial charge on any atom is -0.457 e. The Labute approximate surface area is 439 Å². The number of nitrogens with zero attached hydrogens (tertiary/aromatic N) is 4.